The quantitative estimate of drug-likeness (QED) is 0.753. The van der Waals surface area contributed by atoms with Crippen LogP contribution >= 0.6 is 0 Å². The summed E-state index contributed by atoms with van der Waals surface area (Å²) in [7, 11) is 0. The predicted molar refractivity (Wildman–Crippen MR) is 111 cm³/mol. The van der Waals surface area contributed by atoms with E-state index in [-0.39, 0.29) is 5.91 Å². The third kappa shape index (κ3) is 5.14. The molecule has 0 spiro atoms. The lowest BCUT2D eigenvalue weighted by Gasteiger charge is -2.29. The minimum Gasteiger partial charge on any atom is -0.493 e. The zero-order valence-corrected chi connectivity index (χ0v) is 16.7. The molecule has 148 valence electrons. The Morgan fingerprint density at radius 1 is 1.11 bits per heavy atom. The Morgan fingerprint density at radius 3 is 2.64 bits per heavy atom. The van der Waals surface area contributed by atoms with Crippen LogP contribution in [0.15, 0.2) is 42.5 Å². The number of nitrogens with one attached hydrogen (secondary N) is 1. The molecule has 2 aliphatic rings. The lowest BCUT2D eigenvalue weighted by molar-refractivity contribution is -0.120. The van der Waals surface area contributed by atoms with E-state index in [9.17, 15) is 4.79 Å². The highest BCUT2D eigenvalue weighted by Crippen LogP contribution is 2.30. The number of hydrogen-bond donors (Lipinski definition) is 1. The van der Waals surface area contributed by atoms with Crippen molar-refractivity contribution >= 4 is 5.91 Å². The van der Waals surface area contributed by atoms with Crippen molar-refractivity contribution in [2.24, 2.45) is 5.92 Å². The van der Waals surface area contributed by atoms with Crippen LogP contribution in [-0.4, -0.2) is 24.0 Å². The second-order valence-electron chi connectivity index (χ2n) is 8.09. The molecule has 4 rings (SSSR count). The van der Waals surface area contributed by atoms with E-state index in [4.69, 9.17) is 4.74 Å². The maximum Gasteiger partial charge on any atom is 0.219 e. The molecular weight excluding hydrogens is 348 g/mol. The summed E-state index contributed by atoms with van der Waals surface area (Å²) in [6, 6.07) is 15.2. The fraction of sp³-hybridized carbons (Fsp3) is 0.458. The Morgan fingerprint density at radius 2 is 1.89 bits per heavy atom. The summed E-state index contributed by atoms with van der Waals surface area (Å²) in [5.41, 5.74) is 5.32. The average molecular weight is 379 g/mol. The van der Waals surface area contributed by atoms with Crippen molar-refractivity contribution in [3.63, 3.8) is 0 Å². The first-order valence-electron chi connectivity index (χ1n) is 10.5. The van der Waals surface area contributed by atoms with Crippen LogP contribution in [0, 0.1) is 5.92 Å². The van der Waals surface area contributed by atoms with E-state index in [2.05, 4.69) is 52.7 Å². The van der Waals surface area contributed by atoms with E-state index in [1.54, 1.807) is 0 Å². The third-order valence-electron chi connectivity index (χ3n) is 5.69. The molecule has 1 aliphatic heterocycles. The molecule has 0 bridgehead atoms. The van der Waals surface area contributed by atoms with Gasteiger partial charge in [-0.25, -0.2) is 0 Å². The predicted octanol–water partition coefficient (Wildman–Crippen LogP) is 4.06. The van der Waals surface area contributed by atoms with Crippen LogP contribution in [0.5, 0.6) is 5.75 Å². The van der Waals surface area contributed by atoms with Crippen molar-refractivity contribution in [2.45, 2.75) is 52.2 Å². The summed E-state index contributed by atoms with van der Waals surface area (Å²) >= 11 is 0. The van der Waals surface area contributed by atoms with Crippen LogP contribution < -0.4 is 10.1 Å². The molecule has 1 heterocycles. The number of rotatable bonds is 8. The lowest BCUT2D eigenvalue weighted by atomic mass is 9.99. The summed E-state index contributed by atoms with van der Waals surface area (Å²) in [6.07, 6.45) is 4.27. The Labute approximate surface area is 167 Å². The molecule has 1 fully saturated rings. The minimum absolute atomic E-state index is 0.0946. The van der Waals surface area contributed by atoms with Crippen molar-refractivity contribution < 1.29 is 9.53 Å². The molecule has 1 aliphatic carbocycles. The van der Waals surface area contributed by atoms with Gasteiger partial charge in [0.1, 0.15) is 5.75 Å². The monoisotopic (exact) mass is 378 g/mol. The van der Waals surface area contributed by atoms with Gasteiger partial charge < -0.3 is 10.1 Å². The van der Waals surface area contributed by atoms with E-state index >= 15 is 0 Å². The van der Waals surface area contributed by atoms with Gasteiger partial charge in [0.2, 0.25) is 5.91 Å². The largest absolute Gasteiger partial charge is 0.493 e. The van der Waals surface area contributed by atoms with Crippen LogP contribution in [0.3, 0.4) is 0 Å². The van der Waals surface area contributed by atoms with Gasteiger partial charge in [0.15, 0.2) is 0 Å². The molecular formula is C24H30N2O2. The second kappa shape index (κ2) is 8.78. The molecule has 1 amide bonds. The first-order chi connectivity index (χ1) is 13.7. The summed E-state index contributed by atoms with van der Waals surface area (Å²) in [5.74, 6) is 1.92. The van der Waals surface area contributed by atoms with Crippen molar-refractivity contribution in [3.05, 3.63) is 64.7 Å². The number of amides is 1. The van der Waals surface area contributed by atoms with Crippen molar-refractivity contribution in [2.75, 3.05) is 13.2 Å². The minimum atomic E-state index is 0.0946. The Kier molecular flexibility index (Phi) is 5.96. The van der Waals surface area contributed by atoms with Crippen LogP contribution in [0.25, 0.3) is 0 Å². The van der Waals surface area contributed by atoms with E-state index in [0.717, 1.165) is 49.9 Å². The molecule has 2 aromatic rings. The van der Waals surface area contributed by atoms with Crippen molar-refractivity contribution in [3.8, 4) is 5.75 Å². The van der Waals surface area contributed by atoms with Crippen LogP contribution in [0.4, 0.5) is 0 Å². The highest BCUT2D eigenvalue weighted by Gasteiger charge is 2.22. The summed E-state index contributed by atoms with van der Waals surface area (Å²) < 4.78 is 5.93. The SMILES string of the molecule is CCC(=O)NCc1ccc(CN2CCc3cc(OCC4CC4)ccc3C2)cc1. The van der Waals surface area contributed by atoms with Crippen LogP contribution in [0.1, 0.15) is 48.4 Å². The van der Waals surface area contributed by atoms with Gasteiger partial charge in [0.25, 0.3) is 0 Å². The molecule has 0 unspecified atom stereocenters. The highest BCUT2D eigenvalue weighted by molar-refractivity contribution is 5.75. The Balaban J connectivity index is 1.30. The number of nitrogens with zero attached hydrogens (tertiary/aromatic N) is 1. The van der Waals surface area contributed by atoms with E-state index < -0.39 is 0 Å². The number of carbonyl (C=O) groups excluding carboxylic acids is 1. The standard InChI is InChI=1S/C24H30N2O2/c1-2-24(27)25-14-18-3-5-19(6-4-18)15-26-12-11-21-13-23(10-9-22(21)16-26)28-17-20-7-8-20/h3-6,9-10,13,20H,2,7-8,11-12,14-17H2,1H3,(H,25,27). The zero-order chi connectivity index (χ0) is 19.3. The summed E-state index contributed by atoms with van der Waals surface area (Å²) in [4.78, 5) is 13.9. The average Bonchev–Trinajstić information content (AvgIpc) is 3.56. The topological polar surface area (TPSA) is 41.6 Å². The van der Waals surface area contributed by atoms with E-state index in [1.807, 2.05) is 6.92 Å². The van der Waals surface area contributed by atoms with Crippen molar-refractivity contribution in [1.82, 2.24) is 10.2 Å². The van der Waals surface area contributed by atoms with E-state index in [1.165, 1.54) is 29.5 Å². The first kappa shape index (κ1) is 19.0. The highest BCUT2D eigenvalue weighted by atomic mass is 16.5. The Bertz CT molecular complexity index is 812. The van der Waals surface area contributed by atoms with Gasteiger partial charge in [-0.2, -0.15) is 0 Å². The van der Waals surface area contributed by atoms with Gasteiger partial charge in [-0.15, -0.1) is 0 Å². The fourth-order valence-electron chi connectivity index (χ4n) is 3.66. The molecule has 4 heteroatoms. The number of ether oxygens (including phenoxy) is 1. The molecule has 0 radical (unpaired) electrons. The number of benzene rings is 2. The number of carbonyl (C=O) groups is 1. The summed E-state index contributed by atoms with van der Waals surface area (Å²) in [6.45, 7) is 6.39. The fourth-order valence-corrected chi connectivity index (χ4v) is 3.66. The third-order valence-corrected chi connectivity index (χ3v) is 5.69. The normalized spacial score (nSPS) is 16.5. The molecule has 28 heavy (non-hydrogen) atoms. The summed E-state index contributed by atoms with van der Waals surface area (Å²) in [5, 5.41) is 2.92. The molecule has 0 saturated heterocycles. The lowest BCUT2D eigenvalue weighted by Crippen LogP contribution is -2.30. The molecule has 4 nitrogen and oxygen atoms in total. The number of fused-ring (bicyclic) bond motifs is 1. The van der Waals surface area contributed by atoms with Gasteiger partial charge in [0, 0.05) is 32.6 Å². The first-order valence-corrected chi connectivity index (χ1v) is 10.5. The van der Waals surface area contributed by atoms with E-state index in [0.29, 0.717) is 13.0 Å². The van der Waals surface area contributed by atoms with Crippen LogP contribution in [0.2, 0.25) is 0 Å². The van der Waals surface area contributed by atoms with Gasteiger partial charge in [-0.05, 0) is 59.6 Å². The zero-order valence-electron chi connectivity index (χ0n) is 16.7. The second-order valence-corrected chi connectivity index (χ2v) is 8.09. The number of hydrogen-bond acceptors (Lipinski definition) is 3. The molecule has 1 saturated carbocycles. The molecule has 1 N–H and O–H groups in total. The van der Waals surface area contributed by atoms with Gasteiger partial charge in [-0.1, -0.05) is 37.3 Å². The van der Waals surface area contributed by atoms with Gasteiger partial charge in [-0.3, -0.25) is 9.69 Å². The molecule has 2 aromatic carbocycles. The van der Waals surface area contributed by atoms with Crippen molar-refractivity contribution in [1.29, 1.82) is 0 Å². The maximum atomic E-state index is 11.4. The Hall–Kier alpha value is -2.33. The maximum absolute atomic E-state index is 11.4. The van der Waals surface area contributed by atoms with Gasteiger partial charge in [0.05, 0.1) is 6.61 Å². The van der Waals surface area contributed by atoms with Crippen LogP contribution in [-0.2, 0) is 30.8 Å². The smallest absolute Gasteiger partial charge is 0.219 e. The molecule has 0 atom stereocenters. The molecule has 0 aromatic heterocycles. The van der Waals surface area contributed by atoms with Gasteiger partial charge >= 0.3 is 0 Å².